The molecule has 14 heavy (non-hydrogen) atoms. The first kappa shape index (κ1) is 11.4. The molecule has 1 fully saturated rings. The van der Waals surface area contributed by atoms with E-state index in [0.717, 1.165) is 18.1 Å². The molecule has 80 valence electrons. The highest BCUT2D eigenvalue weighted by Gasteiger charge is 2.21. The van der Waals surface area contributed by atoms with Crippen LogP contribution in [0.2, 0.25) is 0 Å². The number of carbonyl (C=O) groups is 1. The molecule has 1 amide bonds. The zero-order valence-corrected chi connectivity index (χ0v) is 8.94. The van der Waals surface area contributed by atoms with Crippen molar-refractivity contribution < 1.29 is 9.53 Å². The first-order valence-electron chi connectivity index (χ1n) is 4.66. The Kier molecular flexibility index (Phi) is 5.47. The largest absolute Gasteiger partial charge is 0.502 e. The predicted molar refractivity (Wildman–Crippen MR) is 58.0 cm³/mol. The Morgan fingerprint density at radius 2 is 2.64 bits per heavy atom. The van der Waals surface area contributed by atoms with Crippen LogP contribution in [0.4, 0.5) is 0 Å². The minimum atomic E-state index is -0.0136. The van der Waals surface area contributed by atoms with Gasteiger partial charge in [-0.2, -0.15) is 0 Å². The van der Waals surface area contributed by atoms with Crippen LogP contribution in [0, 0.1) is 0 Å². The van der Waals surface area contributed by atoms with Gasteiger partial charge in [0, 0.05) is 18.2 Å². The summed E-state index contributed by atoms with van der Waals surface area (Å²) in [6, 6.07) is -0.0136. The van der Waals surface area contributed by atoms with Crippen LogP contribution in [0.5, 0.6) is 0 Å². The SMILES string of the molecule is C=COCCCNC(=O)C1CSCN1. The van der Waals surface area contributed by atoms with E-state index < -0.39 is 0 Å². The smallest absolute Gasteiger partial charge is 0.238 e. The summed E-state index contributed by atoms with van der Waals surface area (Å²) in [5.41, 5.74) is 0. The third kappa shape index (κ3) is 4.02. The minimum Gasteiger partial charge on any atom is -0.502 e. The summed E-state index contributed by atoms with van der Waals surface area (Å²) in [4.78, 5) is 11.4. The second-order valence-corrected chi connectivity index (χ2v) is 3.98. The van der Waals surface area contributed by atoms with E-state index in [0.29, 0.717) is 13.2 Å². The molecule has 1 rings (SSSR count). The lowest BCUT2D eigenvalue weighted by atomic mass is 10.3. The fraction of sp³-hybridized carbons (Fsp3) is 0.667. The quantitative estimate of drug-likeness (QED) is 0.496. The van der Waals surface area contributed by atoms with Gasteiger partial charge in [0.15, 0.2) is 0 Å². The lowest BCUT2D eigenvalue weighted by molar-refractivity contribution is -0.122. The van der Waals surface area contributed by atoms with Gasteiger partial charge in [0.05, 0.1) is 18.9 Å². The van der Waals surface area contributed by atoms with Crippen LogP contribution in [0.25, 0.3) is 0 Å². The lowest BCUT2D eigenvalue weighted by Crippen LogP contribution is -2.42. The monoisotopic (exact) mass is 216 g/mol. The molecule has 5 heteroatoms. The van der Waals surface area contributed by atoms with Gasteiger partial charge in [0.2, 0.25) is 5.91 Å². The van der Waals surface area contributed by atoms with Gasteiger partial charge < -0.3 is 10.1 Å². The van der Waals surface area contributed by atoms with Gasteiger partial charge in [-0.1, -0.05) is 6.58 Å². The first-order chi connectivity index (χ1) is 6.84. The van der Waals surface area contributed by atoms with Crippen molar-refractivity contribution in [3.63, 3.8) is 0 Å². The van der Waals surface area contributed by atoms with Gasteiger partial charge in [0.1, 0.15) is 0 Å². The van der Waals surface area contributed by atoms with E-state index in [-0.39, 0.29) is 11.9 Å². The molecule has 1 heterocycles. The van der Waals surface area contributed by atoms with Crippen LogP contribution >= 0.6 is 11.8 Å². The Balaban J connectivity index is 2.00. The van der Waals surface area contributed by atoms with Crippen LogP contribution in [0.15, 0.2) is 12.8 Å². The standard InChI is InChI=1S/C9H16N2O2S/c1-2-13-5-3-4-10-9(12)8-6-14-7-11-8/h2,8,11H,1,3-7H2,(H,10,12). The van der Waals surface area contributed by atoms with Gasteiger partial charge >= 0.3 is 0 Å². The molecular formula is C9H16N2O2S. The maximum absolute atomic E-state index is 11.4. The van der Waals surface area contributed by atoms with Crippen molar-refractivity contribution in [3.8, 4) is 0 Å². The zero-order chi connectivity index (χ0) is 10.2. The molecule has 1 saturated heterocycles. The van der Waals surface area contributed by atoms with Gasteiger partial charge in [-0.15, -0.1) is 11.8 Å². The third-order valence-corrected chi connectivity index (χ3v) is 2.83. The highest BCUT2D eigenvalue weighted by molar-refractivity contribution is 7.99. The number of hydrogen-bond acceptors (Lipinski definition) is 4. The highest BCUT2D eigenvalue weighted by Crippen LogP contribution is 2.08. The molecule has 1 atom stereocenters. The Morgan fingerprint density at radius 3 is 3.29 bits per heavy atom. The van der Waals surface area contributed by atoms with E-state index in [1.165, 1.54) is 6.26 Å². The van der Waals surface area contributed by atoms with Crippen LogP contribution in [0.1, 0.15) is 6.42 Å². The highest BCUT2D eigenvalue weighted by atomic mass is 32.2. The third-order valence-electron chi connectivity index (χ3n) is 1.89. The first-order valence-corrected chi connectivity index (χ1v) is 5.81. The normalized spacial score (nSPS) is 20.4. The zero-order valence-electron chi connectivity index (χ0n) is 8.12. The van der Waals surface area contributed by atoms with Crippen molar-refractivity contribution in [2.24, 2.45) is 0 Å². The topological polar surface area (TPSA) is 50.4 Å². The van der Waals surface area contributed by atoms with Crippen molar-refractivity contribution in [1.29, 1.82) is 0 Å². The number of hydrogen-bond donors (Lipinski definition) is 2. The summed E-state index contributed by atoms with van der Waals surface area (Å²) in [6.45, 7) is 4.70. The van der Waals surface area contributed by atoms with E-state index in [1.54, 1.807) is 11.8 Å². The molecule has 4 nitrogen and oxygen atoms in total. The number of nitrogens with one attached hydrogen (secondary N) is 2. The molecule has 1 aliphatic rings. The molecule has 1 unspecified atom stereocenters. The molecule has 0 saturated carbocycles. The van der Waals surface area contributed by atoms with Crippen molar-refractivity contribution in [2.45, 2.75) is 12.5 Å². The molecule has 0 spiro atoms. The lowest BCUT2D eigenvalue weighted by Gasteiger charge is -2.09. The van der Waals surface area contributed by atoms with Crippen molar-refractivity contribution in [2.75, 3.05) is 24.8 Å². The number of amides is 1. The molecule has 0 radical (unpaired) electrons. The van der Waals surface area contributed by atoms with Crippen LogP contribution in [0.3, 0.4) is 0 Å². The summed E-state index contributed by atoms with van der Waals surface area (Å²) >= 11 is 1.75. The number of thioether (sulfide) groups is 1. The van der Waals surface area contributed by atoms with E-state index in [9.17, 15) is 4.79 Å². The number of rotatable bonds is 6. The van der Waals surface area contributed by atoms with E-state index in [4.69, 9.17) is 4.74 Å². The molecule has 0 aromatic heterocycles. The van der Waals surface area contributed by atoms with Crippen molar-refractivity contribution in [1.82, 2.24) is 10.6 Å². The van der Waals surface area contributed by atoms with E-state index in [1.807, 2.05) is 0 Å². The van der Waals surface area contributed by atoms with Gasteiger partial charge in [-0.25, -0.2) is 0 Å². The average Bonchev–Trinajstić information content (AvgIpc) is 2.70. The Labute approximate surface area is 88.5 Å². The van der Waals surface area contributed by atoms with Crippen LogP contribution < -0.4 is 10.6 Å². The predicted octanol–water partition coefficient (Wildman–Crippen LogP) is 0.315. The molecule has 2 N–H and O–H groups in total. The van der Waals surface area contributed by atoms with Crippen molar-refractivity contribution >= 4 is 17.7 Å². The molecule has 1 aliphatic heterocycles. The van der Waals surface area contributed by atoms with Crippen LogP contribution in [-0.4, -0.2) is 36.7 Å². The van der Waals surface area contributed by atoms with Gasteiger partial charge in [-0.3, -0.25) is 10.1 Å². The van der Waals surface area contributed by atoms with Crippen molar-refractivity contribution in [3.05, 3.63) is 12.8 Å². The average molecular weight is 216 g/mol. The maximum Gasteiger partial charge on any atom is 0.238 e. The van der Waals surface area contributed by atoms with E-state index in [2.05, 4.69) is 17.2 Å². The molecule has 0 aromatic rings. The molecule has 0 aromatic carbocycles. The summed E-state index contributed by atoms with van der Waals surface area (Å²) in [6.07, 6.45) is 2.23. The fourth-order valence-corrected chi connectivity index (χ4v) is 2.08. The summed E-state index contributed by atoms with van der Waals surface area (Å²) in [7, 11) is 0. The second kappa shape index (κ2) is 6.73. The summed E-state index contributed by atoms with van der Waals surface area (Å²) in [5, 5.41) is 5.97. The summed E-state index contributed by atoms with van der Waals surface area (Å²) < 4.78 is 4.93. The Bertz CT molecular complexity index is 193. The molecular weight excluding hydrogens is 200 g/mol. The Hall–Kier alpha value is -0.680. The Morgan fingerprint density at radius 1 is 1.79 bits per heavy atom. The van der Waals surface area contributed by atoms with E-state index >= 15 is 0 Å². The van der Waals surface area contributed by atoms with Crippen LogP contribution in [-0.2, 0) is 9.53 Å². The summed E-state index contributed by atoms with van der Waals surface area (Å²) in [5.74, 6) is 1.83. The maximum atomic E-state index is 11.4. The fourth-order valence-electron chi connectivity index (χ4n) is 1.14. The van der Waals surface area contributed by atoms with Gasteiger partial charge in [-0.05, 0) is 6.42 Å². The number of carbonyl (C=O) groups excluding carboxylic acids is 1. The molecule has 0 aliphatic carbocycles. The van der Waals surface area contributed by atoms with Gasteiger partial charge in [0.25, 0.3) is 0 Å². The number of ether oxygens (including phenoxy) is 1. The second-order valence-electron chi connectivity index (χ2n) is 2.95. The molecule has 0 bridgehead atoms. The minimum absolute atomic E-state index is 0.0136.